The Morgan fingerprint density at radius 2 is 1.72 bits per heavy atom. The Balaban J connectivity index is 1.66. The third kappa shape index (κ3) is 4.01. The van der Waals surface area contributed by atoms with Gasteiger partial charge >= 0.3 is 0 Å². The van der Waals surface area contributed by atoms with E-state index in [0.29, 0.717) is 6.54 Å². The molecule has 0 spiro atoms. The third-order valence-electron chi connectivity index (χ3n) is 4.99. The normalized spacial score (nSPS) is 11.1. The van der Waals surface area contributed by atoms with Gasteiger partial charge in [-0.25, -0.2) is 9.97 Å². The number of unbranched alkanes of at least 4 members (excludes halogenated alkanes) is 1. The highest BCUT2D eigenvalue weighted by atomic mass is 16.3. The van der Waals surface area contributed by atoms with Crippen LogP contribution in [-0.2, 0) is 6.54 Å². The zero-order valence-electron chi connectivity index (χ0n) is 16.3. The first-order valence-corrected chi connectivity index (χ1v) is 9.81. The number of hydrogen-bond acceptors (Lipinski definition) is 5. The number of hydrogen-bond donors (Lipinski definition) is 3. The number of nitrogens with one attached hydrogen (secondary N) is 1. The van der Waals surface area contributed by atoms with Crippen molar-refractivity contribution in [2.75, 3.05) is 11.9 Å². The van der Waals surface area contributed by atoms with Gasteiger partial charge in [-0.05, 0) is 41.3 Å². The molecular weight excluding hydrogens is 364 g/mol. The molecule has 0 aliphatic heterocycles. The highest BCUT2D eigenvalue weighted by Crippen LogP contribution is 2.29. The maximum Gasteiger partial charge on any atom is 0.194 e. The lowest BCUT2D eigenvalue weighted by atomic mass is 10.0. The molecule has 0 amide bonds. The van der Waals surface area contributed by atoms with E-state index in [-0.39, 0.29) is 11.8 Å². The number of anilines is 1. The second-order valence-corrected chi connectivity index (χ2v) is 7.07. The van der Waals surface area contributed by atoms with Crippen LogP contribution in [0.2, 0.25) is 0 Å². The van der Waals surface area contributed by atoms with Crippen molar-refractivity contribution in [3.8, 4) is 22.9 Å². The molecule has 0 aliphatic rings. The summed E-state index contributed by atoms with van der Waals surface area (Å²) in [5, 5.41) is 24.2. The van der Waals surface area contributed by atoms with Gasteiger partial charge in [-0.2, -0.15) is 0 Å². The number of rotatable bonds is 7. The zero-order chi connectivity index (χ0) is 20.2. The fourth-order valence-corrected chi connectivity index (χ4v) is 3.40. The first-order chi connectivity index (χ1) is 14.2. The molecular formula is C23H24N4O2. The molecule has 4 rings (SSSR count). The van der Waals surface area contributed by atoms with Gasteiger partial charge in [0, 0.05) is 24.1 Å². The smallest absolute Gasteiger partial charge is 0.194 e. The molecule has 6 nitrogen and oxygen atoms in total. The minimum absolute atomic E-state index is 0.0403. The average molecular weight is 388 g/mol. The van der Waals surface area contributed by atoms with Crippen molar-refractivity contribution in [2.24, 2.45) is 0 Å². The van der Waals surface area contributed by atoms with Crippen LogP contribution < -0.4 is 5.32 Å². The Morgan fingerprint density at radius 3 is 2.52 bits per heavy atom. The van der Waals surface area contributed by atoms with Gasteiger partial charge in [0.1, 0.15) is 12.1 Å². The van der Waals surface area contributed by atoms with Crippen LogP contribution in [0.5, 0.6) is 11.8 Å². The van der Waals surface area contributed by atoms with Crippen LogP contribution in [0, 0.1) is 0 Å². The van der Waals surface area contributed by atoms with Crippen LogP contribution in [0.4, 0.5) is 5.82 Å². The summed E-state index contributed by atoms with van der Waals surface area (Å²) in [5.41, 5.74) is 4.00. The molecule has 0 saturated heterocycles. The van der Waals surface area contributed by atoms with Gasteiger partial charge in [-0.15, -0.1) is 0 Å². The summed E-state index contributed by atoms with van der Waals surface area (Å²) >= 11 is 0. The van der Waals surface area contributed by atoms with Crippen molar-refractivity contribution in [3.63, 3.8) is 0 Å². The minimum atomic E-state index is 0.0403. The molecule has 148 valence electrons. The van der Waals surface area contributed by atoms with Crippen molar-refractivity contribution in [3.05, 3.63) is 66.5 Å². The van der Waals surface area contributed by atoms with Crippen LogP contribution >= 0.6 is 0 Å². The van der Waals surface area contributed by atoms with Crippen LogP contribution in [0.15, 0.2) is 60.9 Å². The van der Waals surface area contributed by atoms with E-state index in [1.807, 2.05) is 24.3 Å². The molecule has 0 aliphatic carbocycles. The molecule has 3 N–H and O–H groups in total. The van der Waals surface area contributed by atoms with Crippen LogP contribution in [0.1, 0.15) is 25.3 Å². The Labute approximate surface area is 169 Å². The molecule has 2 aromatic heterocycles. The molecule has 0 bridgehead atoms. The number of aromatic nitrogens is 3. The quantitative estimate of drug-likeness (QED) is 0.397. The topological polar surface area (TPSA) is 83.2 Å². The summed E-state index contributed by atoms with van der Waals surface area (Å²) in [6.07, 6.45) is 3.81. The summed E-state index contributed by atoms with van der Waals surface area (Å²) in [6, 6.07) is 17.2. The first-order valence-electron chi connectivity index (χ1n) is 9.81. The summed E-state index contributed by atoms with van der Waals surface area (Å²) in [7, 11) is 0. The number of nitrogens with zero attached hydrogens (tertiary/aromatic N) is 3. The average Bonchev–Trinajstić information content (AvgIpc) is 3.06. The Kier molecular flexibility index (Phi) is 5.33. The lowest BCUT2D eigenvalue weighted by molar-refractivity contribution is 0.377. The Bertz CT molecular complexity index is 1120. The van der Waals surface area contributed by atoms with E-state index < -0.39 is 0 Å². The lowest BCUT2D eigenvalue weighted by Gasteiger charge is -2.11. The van der Waals surface area contributed by atoms with E-state index in [0.717, 1.165) is 52.8 Å². The van der Waals surface area contributed by atoms with Crippen molar-refractivity contribution < 1.29 is 10.2 Å². The second kappa shape index (κ2) is 8.22. The molecule has 0 unspecified atom stereocenters. The monoisotopic (exact) mass is 388 g/mol. The molecule has 29 heavy (non-hydrogen) atoms. The van der Waals surface area contributed by atoms with Gasteiger partial charge in [0.25, 0.3) is 0 Å². The summed E-state index contributed by atoms with van der Waals surface area (Å²) < 4.78 is 1.46. The SMILES string of the molecule is CCCCNc1ncnc2ccc(-c3cccc(Cn4c(O)ccc4O)c3)cc12. The summed E-state index contributed by atoms with van der Waals surface area (Å²) in [5.74, 6) is 0.931. The molecule has 0 saturated carbocycles. The zero-order valence-corrected chi connectivity index (χ0v) is 16.3. The van der Waals surface area contributed by atoms with E-state index in [2.05, 4.69) is 40.4 Å². The Hall–Kier alpha value is -3.54. The van der Waals surface area contributed by atoms with Crippen molar-refractivity contribution in [1.29, 1.82) is 0 Å². The molecule has 0 atom stereocenters. The first kappa shape index (κ1) is 18.8. The van der Waals surface area contributed by atoms with E-state index >= 15 is 0 Å². The molecule has 4 aromatic rings. The van der Waals surface area contributed by atoms with Crippen LogP contribution in [-0.4, -0.2) is 31.3 Å². The largest absolute Gasteiger partial charge is 0.494 e. The van der Waals surface area contributed by atoms with Crippen LogP contribution in [0.25, 0.3) is 22.0 Å². The van der Waals surface area contributed by atoms with Crippen LogP contribution in [0.3, 0.4) is 0 Å². The van der Waals surface area contributed by atoms with E-state index in [1.54, 1.807) is 6.33 Å². The van der Waals surface area contributed by atoms with Gasteiger partial charge in [0.2, 0.25) is 0 Å². The highest BCUT2D eigenvalue weighted by Gasteiger charge is 2.09. The predicted octanol–water partition coefficient (Wildman–Crippen LogP) is 4.77. The Morgan fingerprint density at radius 1 is 0.931 bits per heavy atom. The number of fused-ring (bicyclic) bond motifs is 1. The maximum atomic E-state index is 9.90. The van der Waals surface area contributed by atoms with Crippen molar-refractivity contribution in [2.45, 2.75) is 26.3 Å². The van der Waals surface area contributed by atoms with E-state index in [4.69, 9.17) is 0 Å². The van der Waals surface area contributed by atoms with Gasteiger partial charge in [0.05, 0.1) is 12.1 Å². The second-order valence-electron chi connectivity index (χ2n) is 7.07. The third-order valence-corrected chi connectivity index (χ3v) is 4.99. The van der Waals surface area contributed by atoms with Crippen molar-refractivity contribution in [1.82, 2.24) is 14.5 Å². The number of aromatic hydroxyl groups is 2. The van der Waals surface area contributed by atoms with Gasteiger partial charge in [-0.1, -0.05) is 37.6 Å². The van der Waals surface area contributed by atoms with E-state index in [1.165, 1.54) is 16.7 Å². The maximum absolute atomic E-state index is 9.90. The van der Waals surface area contributed by atoms with Gasteiger partial charge < -0.3 is 15.5 Å². The fourth-order valence-electron chi connectivity index (χ4n) is 3.40. The number of benzene rings is 2. The highest BCUT2D eigenvalue weighted by molar-refractivity contribution is 5.92. The van der Waals surface area contributed by atoms with Gasteiger partial charge in [-0.3, -0.25) is 4.57 Å². The van der Waals surface area contributed by atoms with E-state index in [9.17, 15) is 10.2 Å². The standard InChI is InChI=1S/C23H24N4O2/c1-2-3-11-24-23-19-13-18(7-8-20(19)25-15-26-23)17-6-4-5-16(12-17)14-27-21(28)9-10-22(27)29/h4-10,12-13,15,28-29H,2-3,11,14H2,1H3,(H,24,25,26). The molecule has 2 heterocycles. The van der Waals surface area contributed by atoms with Gasteiger partial charge in [0.15, 0.2) is 11.8 Å². The predicted molar refractivity (Wildman–Crippen MR) is 115 cm³/mol. The molecule has 6 heteroatoms. The summed E-state index contributed by atoms with van der Waals surface area (Å²) in [4.78, 5) is 8.80. The fraction of sp³-hybridized carbons (Fsp3) is 0.217. The molecule has 0 fully saturated rings. The summed E-state index contributed by atoms with van der Waals surface area (Å²) in [6.45, 7) is 3.43. The molecule has 2 aromatic carbocycles. The minimum Gasteiger partial charge on any atom is -0.494 e. The lowest BCUT2D eigenvalue weighted by Crippen LogP contribution is -2.04. The van der Waals surface area contributed by atoms with Crippen molar-refractivity contribution >= 4 is 16.7 Å². The molecule has 0 radical (unpaired) electrons.